The second-order valence-corrected chi connectivity index (χ2v) is 2.79. The van der Waals surface area contributed by atoms with Crippen LogP contribution in [0.1, 0.15) is 26.7 Å². The van der Waals surface area contributed by atoms with Crippen LogP contribution >= 0.6 is 0 Å². The lowest BCUT2D eigenvalue weighted by atomic mass is 10.2. The first-order chi connectivity index (χ1) is 4.74. The highest BCUT2D eigenvalue weighted by atomic mass is 16.5. The molecule has 1 aliphatic rings. The van der Waals surface area contributed by atoms with E-state index in [1.54, 1.807) is 0 Å². The molecule has 2 atom stereocenters. The number of nitrogens with two attached hydrogens (primary N) is 1. The average Bonchev–Trinajstić information content (AvgIpc) is 2.34. The van der Waals surface area contributed by atoms with Crippen LogP contribution in [-0.4, -0.2) is 12.1 Å². The van der Waals surface area contributed by atoms with Gasteiger partial charge in [0.2, 0.25) is 0 Å². The third-order valence-electron chi connectivity index (χ3n) is 1.79. The molecule has 0 amide bonds. The van der Waals surface area contributed by atoms with E-state index in [4.69, 9.17) is 10.5 Å². The van der Waals surface area contributed by atoms with Crippen LogP contribution in [-0.2, 0) is 4.74 Å². The number of rotatable bonds is 2. The van der Waals surface area contributed by atoms with Crippen LogP contribution < -0.4 is 5.73 Å². The van der Waals surface area contributed by atoms with E-state index in [1.165, 1.54) is 0 Å². The zero-order valence-corrected chi connectivity index (χ0v) is 6.63. The van der Waals surface area contributed by atoms with E-state index in [9.17, 15) is 0 Å². The number of hydrogen-bond acceptors (Lipinski definition) is 2. The summed E-state index contributed by atoms with van der Waals surface area (Å²) in [6.07, 6.45) is 4.41. The van der Waals surface area contributed by atoms with Crippen LogP contribution in [0, 0.1) is 0 Å². The summed E-state index contributed by atoms with van der Waals surface area (Å²) in [5, 5.41) is 0. The van der Waals surface area contributed by atoms with Gasteiger partial charge in [-0.1, -0.05) is 6.92 Å². The zero-order valence-electron chi connectivity index (χ0n) is 6.63. The van der Waals surface area contributed by atoms with Gasteiger partial charge in [0.05, 0.1) is 12.1 Å². The van der Waals surface area contributed by atoms with Crippen molar-refractivity contribution in [3.8, 4) is 0 Å². The molecule has 2 heteroatoms. The molecule has 0 saturated heterocycles. The van der Waals surface area contributed by atoms with Gasteiger partial charge in [-0.05, 0) is 19.4 Å². The van der Waals surface area contributed by atoms with Crippen molar-refractivity contribution < 1.29 is 4.74 Å². The molecule has 0 saturated carbocycles. The Balaban J connectivity index is 2.43. The van der Waals surface area contributed by atoms with Crippen molar-refractivity contribution >= 4 is 0 Å². The smallest absolute Gasteiger partial charge is 0.109 e. The van der Waals surface area contributed by atoms with Crippen molar-refractivity contribution in [2.45, 2.75) is 38.8 Å². The normalized spacial score (nSPS) is 27.5. The van der Waals surface area contributed by atoms with Gasteiger partial charge in [-0.2, -0.15) is 0 Å². The molecule has 1 rings (SSSR count). The summed E-state index contributed by atoms with van der Waals surface area (Å²) in [7, 11) is 0. The standard InChI is InChI=1S/C8H15NO/c1-3-7(9)8-5-4-6(2)10-8/h5-7H,3-4,9H2,1-2H3/t6?,7-/m1/s1. The molecule has 10 heavy (non-hydrogen) atoms. The molecule has 0 spiro atoms. The first-order valence-electron chi connectivity index (χ1n) is 3.86. The Hall–Kier alpha value is -0.500. The maximum atomic E-state index is 5.75. The van der Waals surface area contributed by atoms with Crippen molar-refractivity contribution in [2.24, 2.45) is 5.73 Å². The highest BCUT2D eigenvalue weighted by Crippen LogP contribution is 2.19. The highest BCUT2D eigenvalue weighted by Gasteiger charge is 2.17. The third-order valence-corrected chi connectivity index (χ3v) is 1.79. The minimum absolute atomic E-state index is 0.116. The fourth-order valence-corrected chi connectivity index (χ4v) is 1.05. The fourth-order valence-electron chi connectivity index (χ4n) is 1.05. The fraction of sp³-hybridized carbons (Fsp3) is 0.750. The third kappa shape index (κ3) is 1.51. The topological polar surface area (TPSA) is 35.2 Å². The van der Waals surface area contributed by atoms with Crippen molar-refractivity contribution in [3.63, 3.8) is 0 Å². The molecule has 0 radical (unpaired) electrons. The first-order valence-corrected chi connectivity index (χ1v) is 3.86. The largest absolute Gasteiger partial charge is 0.493 e. The molecule has 0 aromatic carbocycles. The zero-order chi connectivity index (χ0) is 7.56. The molecule has 0 aliphatic carbocycles. The Morgan fingerprint density at radius 3 is 3.00 bits per heavy atom. The van der Waals surface area contributed by atoms with E-state index < -0.39 is 0 Å². The van der Waals surface area contributed by atoms with Crippen LogP contribution in [0.5, 0.6) is 0 Å². The lowest BCUT2D eigenvalue weighted by Crippen LogP contribution is -2.22. The van der Waals surface area contributed by atoms with Crippen molar-refractivity contribution in [2.75, 3.05) is 0 Å². The quantitative estimate of drug-likeness (QED) is 0.631. The Kier molecular flexibility index (Phi) is 2.33. The second kappa shape index (κ2) is 3.06. The lowest BCUT2D eigenvalue weighted by Gasteiger charge is -2.12. The molecular weight excluding hydrogens is 126 g/mol. The van der Waals surface area contributed by atoms with Gasteiger partial charge in [-0.15, -0.1) is 0 Å². The summed E-state index contributed by atoms with van der Waals surface area (Å²) in [6.45, 7) is 4.13. The van der Waals surface area contributed by atoms with E-state index in [0.29, 0.717) is 6.10 Å². The SMILES string of the molecule is CC[C@@H](N)C1=CCC(C)O1. The molecule has 0 aromatic heterocycles. The monoisotopic (exact) mass is 141 g/mol. The van der Waals surface area contributed by atoms with Gasteiger partial charge in [-0.25, -0.2) is 0 Å². The molecular formula is C8H15NO. The second-order valence-electron chi connectivity index (χ2n) is 2.79. The highest BCUT2D eigenvalue weighted by molar-refractivity contribution is 5.07. The van der Waals surface area contributed by atoms with Crippen LogP contribution in [0.4, 0.5) is 0 Å². The first kappa shape index (κ1) is 7.61. The van der Waals surface area contributed by atoms with Crippen LogP contribution in [0.2, 0.25) is 0 Å². The average molecular weight is 141 g/mol. The summed E-state index contributed by atoms with van der Waals surface area (Å²) in [5.74, 6) is 0.981. The lowest BCUT2D eigenvalue weighted by molar-refractivity contribution is 0.146. The van der Waals surface area contributed by atoms with Gasteiger partial charge < -0.3 is 10.5 Å². The summed E-state index contributed by atoms with van der Waals surface area (Å²) in [6, 6.07) is 0.116. The minimum atomic E-state index is 0.116. The minimum Gasteiger partial charge on any atom is -0.493 e. The Labute approximate surface area is 62.1 Å². The summed E-state index contributed by atoms with van der Waals surface area (Å²) in [5.41, 5.74) is 5.75. The van der Waals surface area contributed by atoms with E-state index in [1.807, 2.05) is 0 Å². The molecule has 0 bridgehead atoms. The molecule has 1 aliphatic heterocycles. The van der Waals surface area contributed by atoms with Crippen molar-refractivity contribution in [3.05, 3.63) is 11.8 Å². The molecule has 2 nitrogen and oxygen atoms in total. The molecule has 58 valence electrons. The Morgan fingerprint density at radius 1 is 1.90 bits per heavy atom. The molecule has 0 fully saturated rings. The number of hydrogen-bond donors (Lipinski definition) is 1. The molecule has 0 aromatic rings. The van der Waals surface area contributed by atoms with Gasteiger partial charge in [0.1, 0.15) is 5.76 Å². The van der Waals surface area contributed by atoms with Crippen LogP contribution in [0.15, 0.2) is 11.8 Å². The van der Waals surface area contributed by atoms with Crippen molar-refractivity contribution in [1.82, 2.24) is 0 Å². The van der Waals surface area contributed by atoms with Gasteiger partial charge in [0.15, 0.2) is 0 Å². The van der Waals surface area contributed by atoms with Crippen molar-refractivity contribution in [1.29, 1.82) is 0 Å². The van der Waals surface area contributed by atoms with Crippen LogP contribution in [0.3, 0.4) is 0 Å². The summed E-state index contributed by atoms with van der Waals surface area (Å²) in [4.78, 5) is 0. The van der Waals surface area contributed by atoms with Gasteiger partial charge in [-0.3, -0.25) is 0 Å². The molecule has 1 heterocycles. The Morgan fingerprint density at radius 2 is 2.60 bits per heavy atom. The van der Waals surface area contributed by atoms with E-state index in [-0.39, 0.29) is 6.04 Å². The summed E-state index contributed by atoms with van der Waals surface area (Å²) < 4.78 is 5.45. The van der Waals surface area contributed by atoms with Gasteiger partial charge in [0, 0.05) is 6.42 Å². The van der Waals surface area contributed by atoms with E-state index in [2.05, 4.69) is 19.9 Å². The molecule has 1 unspecified atom stereocenters. The van der Waals surface area contributed by atoms with E-state index in [0.717, 1.165) is 18.6 Å². The predicted octanol–water partition coefficient (Wildman–Crippen LogP) is 1.42. The predicted molar refractivity (Wildman–Crippen MR) is 41.5 cm³/mol. The van der Waals surface area contributed by atoms with Crippen LogP contribution in [0.25, 0.3) is 0 Å². The Bertz CT molecular complexity index is 142. The number of ether oxygens (including phenoxy) is 1. The van der Waals surface area contributed by atoms with Gasteiger partial charge in [0.25, 0.3) is 0 Å². The maximum Gasteiger partial charge on any atom is 0.109 e. The summed E-state index contributed by atoms with van der Waals surface area (Å²) >= 11 is 0. The molecule has 2 N–H and O–H groups in total. The van der Waals surface area contributed by atoms with Gasteiger partial charge >= 0.3 is 0 Å². The maximum absolute atomic E-state index is 5.75. The van der Waals surface area contributed by atoms with E-state index >= 15 is 0 Å².